The summed E-state index contributed by atoms with van der Waals surface area (Å²) in [7, 11) is 0. The summed E-state index contributed by atoms with van der Waals surface area (Å²) in [5, 5.41) is 2.89. The second kappa shape index (κ2) is 8.06. The van der Waals surface area contributed by atoms with Crippen LogP contribution in [-0.4, -0.2) is 10.9 Å². The molecule has 3 aromatic rings. The lowest BCUT2D eigenvalue weighted by Crippen LogP contribution is -2.24. The molecule has 5 heteroatoms. The average molecular weight is 363 g/mol. The Hall–Kier alpha value is -2.79. The molecule has 0 aliphatic carbocycles. The van der Waals surface area contributed by atoms with Gasteiger partial charge in [0.1, 0.15) is 5.82 Å². The number of carbonyl (C=O) groups excluding carboxylic acids is 1. The van der Waals surface area contributed by atoms with Gasteiger partial charge in [-0.15, -0.1) is 0 Å². The molecule has 1 heterocycles. The van der Waals surface area contributed by atoms with Crippen LogP contribution in [0.5, 0.6) is 0 Å². The maximum atomic E-state index is 12.3. The van der Waals surface area contributed by atoms with Crippen LogP contribution in [0, 0.1) is 13.8 Å². The van der Waals surface area contributed by atoms with Crippen LogP contribution in [0.1, 0.15) is 27.2 Å². The molecule has 0 unspecified atom stereocenters. The van der Waals surface area contributed by atoms with E-state index in [2.05, 4.69) is 53.6 Å². The van der Waals surface area contributed by atoms with Crippen molar-refractivity contribution in [3.63, 3.8) is 0 Å². The fourth-order valence-corrected chi connectivity index (χ4v) is 3.47. The summed E-state index contributed by atoms with van der Waals surface area (Å²) >= 11 is 1.72. The van der Waals surface area contributed by atoms with Crippen LogP contribution < -0.4 is 11.1 Å². The molecule has 2 aromatic carbocycles. The highest BCUT2D eigenvalue weighted by Gasteiger charge is 2.10. The first-order valence-electron chi connectivity index (χ1n) is 8.36. The Balaban J connectivity index is 1.60. The second-order valence-corrected chi connectivity index (χ2v) is 7.28. The molecule has 26 heavy (non-hydrogen) atoms. The van der Waals surface area contributed by atoms with E-state index in [0.29, 0.717) is 12.1 Å². The number of hydrogen-bond donors (Lipinski definition) is 2. The number of nitrogens with one attached hydrogen (secondary N) is 1. The van der Waals surface area contributed by atoms with Crippen LogP contribution in [0.25, 0.3) is 0 Å². The lowest BCUT2D eigenvalue weighted by atomic mass is 10.2. The molecule has 0 atom stereocenters. The van der Waals surface area contributed by atoms with Gasteiger partial charge in [-0.3, -0.25) is 4.79 Å². The van der Waals surface area contributed by atoms with Crippen LogP contribution in [0.2, 0.25) is 0 Å². The fourth-order valence-electron chi connectivity index (χ4n) is 2.54. The van der Waals surface area contributed by atoms with Crippen LogP contribution >= 0.6 is 11.8 Å². The van der Waals surface area contributed by atoms with Gasteiger partial charge < -0.3 is 11.1 Å². The maximum absolute atomic E-state index is 12.3. The summed E-state index contributed by atoms with van der Waals surface area (Å²) < 4.78 is 0. The van der Waals surface area contributed by atoms with Gasteiger partial charge in [0, 0.05) is 22.0 Å². The summed E-state index contributed by atoms with van der Waals surface area (Å²) in [6.45, 7) is 4.38. The Labute approximate surface area is 157 Å². The van der Waals surface area contributed by atoms with Crippen molar-refractivity contribution in [3.05, 3.63) is 83.0 Å². The third-order valence-corrected chi connectivity index (χ3v) is 4.91. The molecule has 0 aliphatic heterocycles. The Bertz CT molecular complexity index is 923. The molecule has 1 amide bonds. The molecule has 132 valence electrons. The van der Waals surface area contributed by atoms with E-state index in [4.69, 9.17) is 5.73 Å². The third-order valence-electron chi connectivity index (χ3n) is 3.91. The number of nitrogens with two attached hydrogens (primary N) is 1. The largest absolute Gasteiger partial charge is 0.383 e. The van der Waals surface area contributed by atoms with Crippen molar-refractivity contribution in [2.24, 2.45) is 0 Å². The van der Waals surface area contributed by atoms with Gasteiger partial charge in [-0.25, -0.2) is 4.98 Å². The van der Waals surface area contributed by atoms with Gasteiger partial charge in [-0.2, -0.15) is 0 Å². The summed E-state index contributed by atoms with van der Waals surface area (Å²) in [5.74, 6) is 0.0422. The zero-order valence-electron chi connectivity index (χ0n) is 14.8. The van der Waals surface area contributed by atoms with E-state index in [1.54, 1.807) is 23.9 Å². The number of aromatic nitrogens is 1. The molecule has 3 rings (SSSR count). The molecular formula is C21H21N3OS. The Morgan fingerprint density at radius 2 is 1.81 bits per heavy atom. The first-order valence-corrected chi connectivity index (χ1v) is 9.18. The Morgan fingerprint density at radius 3 is 2.50 bits per heavy atom. The van der Waals surface area contributed by atoms with E-state index in [1.807, 2.05) is 19.1 Å². The highest BCUT2D eigenvalue weighted by Crippen LogP contribution is 2.28. The van der Waals surface area contributed by atoms with Crippen molar-refractivity contribution in [1.29, 1.82) is 0 Å². The van der Waals surface area contributed by atoms with E-state index < -0.39 is 0 Å². The number of nitrogens with zero attached hydrogens (tertiary/aromatic N) is 1. The Kier molecular flexibility index (Phi) is 5.58. The molecule has 0 saturated carbocycles. The van der Waals surface area contributed by atoms with Crippen LogP contribution in [-0.2, 0) is 6.54 Å². The van der Waals surface area contributed by atoms with Crippen molar-refractivity contribution >= 4 is 23.5 Å². The minimum atomic E-state index is -0.215. The van der Waals surface area contributed by atoms with Crippen molar-refractivity contribution in [2.45, 2.75) is 30.2 Å². The van der Waals surface area contributed by atoms with Crippen LogP contribution in [0.4, 0.5) is 5.82 Å². The van der Waals surface area contributed by atoms with Crippen LogP contribution in [0.15, 0.2) is 70.5 Å². The smallest absolute Gasteiger partial charge is 0.255 e. The molecule has 0 aliphatic rings. The van der Waals surface area contributed by atoms with Crippen LogP contribution in [0.3, 0.4) is 0 Å². The zero-order chi connectivity index (χ0) is 18.5. The van der Waals surface area contributed by atoms with Gasteiger partial charge in [-0.1, -0.05) is 41.6 Å². The number of amides is 1. The number of anilines is 1. The van der Waals surface area contributed by atoms with E-state index >= 15 is 0 Å². The van der Waals surface area contributed by atoms with E-state index in [-0.39, 0.29) is 11.7 Å². The van der Waals surface area contributed by atoms with E-state index in [1.165, 1.54) is 10.5 Å². The monoisotopic (exact) mass is 363 g/mol. The number of benzene rings is 2. The maximum Gasteiger partial charge on any atom is 0.255 e. The summed E-state index contributed by atoms with van der Waals surface area (Å²) in [6, 6.07) is 20.1. The molecular weight excluding hydrogens is 342 g/mol. The standard InChI is InChI=1S/C21H21N3OS/c1-14-4-3-5-18(12-14)26-17-9-7-16(8-10-17)13-23-21(25)19-11-6-15(2)24-20(19)22/h3-12H,13H2,1-2H3,(H2,22,24)(H,23,25). The molecule has 1 aromatic heterocycles. The molecule has 0 bridgehead atoms. The minimum absolute atomic E-state index is 0.215. The number of hydrogen-bond acceptors (Lipinski definition) is 4. The lowest BCUT2D eigenvalue weighted by Gasteiger charge is -2.08. The van der Waals surface area contributed by atoms with Crippen molar-refractivity contribution < 1.29 is 4.79 Å². The lowest BCUT2D eigenvalue weighted by molar-refractivity contribution is 0.0951. The molecule has 0 spiro atoms. The summed E-state index contributed by atoms with van der Waals surface area (Å²) in [6.07, 6.45) is 0. The number of carbonyl (C=O) groups is 1. The highest BCUT2D eigenvalue weighted by molar-refractivity contribution is 7.99. The second-order valence-electron chi connectivity index (χ2n) is 6.13. The number of rotatable bonds is 5. The predicted molar refractivity (Wildman–Crippen MR) is 106 cm³/mol. The van der Waals surface area contributed by atoms with Gasteiger partial charge in [0.25, 0.3) is 5.91 Å². The van der Waals surface area contributed by atoms with Crippen molar-refractivity contribution in [2.75, 3.05) is 5.73 Å². The molecule has 0 fully saturated rings. The highest BCUT2D eigenvalue weighted by atomic mass is 32.2. The van der Waals surface area contributed by atoms with Gasteiger partial charge in [0.15, 0.2) is 0 Å². The molecule has 3 N–H and O–H groups in total. The quantitative estimate of drug-likeness (QED) is 0.707. The molecule has 0 radical (unpaired) electrons. The Morgan fingerprint density at radius 1 is 1.04 bits per heavy atom. The SMILES string of the molecule is Cc1cccc(Sc2ccc(CNC(=O)c3ccc(C)nc3N)cc2)c1. The topological polar surface area (TPSA) is 68.0 Å². The number of pyridine rings is 1. The first-order chi connectivity index (χ1) is 12.5. The normalized spacial score (nSPS) is 10.5. The van der Waals surface area contributed by atoms with E-state index in [9.17, 15) is 4.79 Å². The van der Waals surface area contributed by atoms with Gasteiger partial charge >= 0.3 is 0 Å². The summed E-state index contributed by atoms with van der Waals surface area (Å²) in [5.41, 5.74) is 9.30. The average Bonchev–Trinajstić information content (AvgIpc) is 2.61. The number of nitrogen functional groups attached to an aromatic ring is 1. The van der Waals surface area contributed by atoms with Gasteiger partial charge in [0.05, 0.1) is 5.56 Å². The minimum Gasteiger partial charge on any atom is -0.383 e. The van der Waals surface area contributed by atoms with Crippen molar-refractivity contribution in [1.82, 2.24) is 10.3 Å². The van der Waals surface area contributed by atoms with Crippen molar-refractivity contribution in [3.8, 4) is 0 Å². The third kappa shape index (κ3) is 4.64. The summed E-state index contributed by atoms with van der Waals surface area (Å²) in [4.78, 5) is 18.8. The zero-order valence-corrected chi connectivity index (χ0v) is 15.6. The fraction of sp³-hybridized carbons (Fsp3) is 0.143. The van der Waals surface area contributed by atoms with Gasteiger partial charge in [0.2, 0.25) is 0 Å². The van der Waals surface area contributed by atoms with E-state index in [0.717, 1.165) is 16.2 Å². The predicted octanol–water partition coefficient (Wildman–Crippen LogP) is 4.36. The molecule has 0 saturated heterocycles. The van der Waals surface area contributed by atoms with Gasteiger partial charge in [-0.05, 0) is 55.8 Å². The first kappa shape index (κ1) is 18.0. The number of aryl methyl sites for hydroxylation is 2. The molecule has 4 nitrogen and oxygen atoms in total.